The minimum atomic E-state index is -0.684. The van der Waals surface area contributed by atoms with Crippen molar-refractivity contribution in [2.45, 2.75) is 25.4 Å². The van der Waals surface area contributed by atoms with E-state index in [4.69, 9.17) is 10.5 Å². The SMILES string of the molecule is NC(=O)OC1C=CCCC1. The molecule has 0 aromatic heterocycles. The zero-order valence-corrected chi connectivity index (χ0v) is 5.75. The highest BCUT2D eigenvalue weighted by atomic mass is 16.6. The number of nitrogens with two attached hydrogens (primary N) is 1. The molecule has 0 saturated carbocycles. The molecular formula is C7H11NO2. The lowest BCUT2D eigenvalue weighted by Crippen LogP contribution is -2.22. The predicted octanol–water partition coefficient (Wildman–Crippen LogP) is 1.19. The number of carbonyl (C=O) groups is 1. The second kappa shape index (κ2) is 3.25. The third kappa shape index (κ3) is 2.09. The van der Waals surface area contributed by atoms with Crippen LogP contribution >= 0.6 is 0 Å². The maximum absolute atomic E-state index is 10.2. The van der Waals surface area contributed by atoms with Gasteiger partial charge in [0.25, 0.3) is 0 Å². The van der Waals surface area contributed by atoms with Crippen LogP contribution in [0.2, 0.25) is 0 Å². The first-order chi connectivity index (χ1) is 4.79. The number of amides is 1. The van der Waals surface area contributed by atoms with Crippen LogP contribution in [0.1, 0.15) is 19.3 Å². The van der Waals surface area contributed by atoms with Crippen LogP contribution in [0.25, 0.3) is 0 Å². The second-order valence-corrected chi connectivity index (χ2v) is 2.33. The van der Waals surface area contributed by atoms with E-state index in [1.807, 2.05) is 12.2 Å². The molecule has 3 nitrogen and oxygen atoms in total. The van der Waals surface area contributed by atoms with Gasteiger partial charge in [0.15, 0.2) is 0 Å². The number of carbonyl (C=O) groups excluding carboxylic acids is 1. The van der Waals surface area contributed by atoms with Crippen molar-refractivity contribution in [2.75, 3.05) is 0 Å². The fourth-order valence-electron chi connectivity index (χ4n) is 1.03. The fourth-order valence-corrected chi connectivity index (χ4v) is 1.03. The van der Waals surface area contributed by atoms with Gasteiger partial charge in [0, 0.05) is 0 Å². The maximum Gasteiger partial charge on any atom is 0.405 e. The summed E-state index contributed by atoms with van der Waals surface area (Å²) in [7, 11) is 0. The summed E-state index contributed by atoms with van der Waals surface area (Å²) in [4.78, 5) is 10.2. The van der Waals surface area contributed by atoms with Crippen LogP contribution in [0, 0.1) is 0 Å². The molecule has 0 aromatic carbocycles. The molecular weight excluding hydrogens is 130 g/mol. The lowest BCUT2D eigenvalue weighted by molar-refractivity contribution is 0.122. The Morgan fingerprint density at radius 3 is 3.00 bits per heavy atom. The van der Waals surface area contributed by atoms with Crippen molar-refractivity contribution in [2.24, 2.45) is 5.73 Å². The molecule has 2 N–H and O–H groups in total. The third-order valence-corrected chi connectivity index (χ3v) is 1.48. The summed E-state index contributed by atoms with van der Waals surface area (Å²) in [5.74, 6) is 0. The fraction of sp³-hybridized carbons (Fsp3) is 0.571. The summed E-state index contributed by atoms with van der Waals surface area (Å²) >= 11 is 0. The summed E-state index contributed by atoms with van der Waals surface area (Å²) in [6, 6.07) is 0. The number of ether oxygens (including phenoxy) is 1. The van der Waals surface area contributed by atoms with E-state index >= 15 is 0 Å². The number of primary amides is 1. The molecule has 0 bridgehead atoms. The van der Waals surface area contributed by atoms with E-state index in [1.165, 1.54) is 0 Å². The van der Waals surface area contributed by atoms with E-state index in [-0.39, 0.29) is 6.10 Å². The average molecular weight is 141 g/mol. The summed E-state index contributed by atoms with van der Waals surface area (Å²) in [6.45, 7) is 0. The summed E-state index contributed by atoms with van der Waals surface area (Å²) < 4.78 is 4.74. The van der Waals surface area contributed by atoms with Crippen LogP contribution < -0.4 is 5.73 Å². The summed E-state index contributed by atoms with van der Waals surface area (Å²) in [5.41, 5.74) is 4.83. The van der Waals surface area contributed by atoms with E-state index in [0.29, 0.717) is 0 Å². The lowest BCUT2D eigenvalue weighted by Gasteiger charge is -2.14. The Morgan fingerprint density at radius 1 is 1.70 bits per heavy atom. The van der Waals surface area contributed by atoms with Gasteiger partial charge in [-0.1, -0.05) is 6.08 Å². The highest BCUT2D eigenvalue weighted by Crippen LogP contribution is 2.12. The quantitative estimate of drug-likeness (QED) is 0.557. The molecule has 56 valence electrons. The normalized spacial score (nSPS) is 24.2. The average Bonchev–Trinajstić information content (AvgIpc) is 1.88. The van der Waals surface area contributed by atoms with Crippen molar-refractivity contribution < 1.29 is 9.53 Å². The Bertz CT molecular complexity index is 154. The Labute approximate surface area is 59.8 Å². The molecule has 0 spiro atoms. The molecule has 3 heteroatoms. The van der Waals surface area contributed by atoms with Gasteiger partial charge in [-0.2, -0.15) is 0 Å². The van der Waals surface area contributed by atoms with Crippen LogP contribution in [-0.4, -0.2) is 12.2 Å². The van der Waals surface area contributed by atoms with E-state index in [0.717, 1.165) is 19.3 Å². The van der Waals surface area contributed by atoms with E-state index in [2.05, 4.69) is 0 Å². The van der Waals surface area contributed by atoms with Gasteiger partial charge in [0.2, 0.25) is 0 Å². The summed E-state index contributed by atoms with van der Waals surface area (Å²) in [5, 5.41) is 0. The van der Waals surface area contributed by atoms with Crippen LogP contribution in [-0.2, 0) is 4.74 Å². The molecule has 1 atom stereocenters. The van der Waals surface area contributed by atoms with Crippen molar-refractivity contribution in [3.8, 4) is 0 Å². The minimum absolute atomic E-state index is 0.0775. The second-order valence-electron chi connectivity index (χ2n) is 2.33. The number of rotatable bonds is 1. The van der Waals surface area contributed by atoms with Gasteiger partial charge >= 0.3 is 6.09 Å². The lowest BCUT2D eigenvalue weighted by atomic mass is 10.1. The molecule has 0 saturated heterocycles. The monoisotopic (exact) mass is 141 g/mol. The van der Waals surface area contributed by atoms with Gasteiger partial charge in [-0.3, -0.25) is 0 Å². The van der Waals surface area contributed by atoms with Crippen LogP contribution in [0.4, 0.5) is 4.79 Å². The first-order valence-electron chi connectivity index (χ1n) is 3.42. The Balaban J connectivity index is 2.33. The van der Waals surface area contributed by atoms with Gasteiger partial charge in [-0.15, -0.1) is 0 Å². The topological polar surface area (TPSA) is 52.3 Å². The zero-order valence-electron chi connectivity index (χ0n) is 5.75. The molecule has 1 amide bonds. The first-order valence-corrected chi connectivity index (χ1v) is 3.42. The summed E-state index contributed by atoms with van der Waals surface area (Å²) in [6.07, 6.45) is 6.19. The molecule has 0 radical (unpaired) electrons. The van der Waals surface area contributed by atoms with Crippen molar-refractivity contribution in [1.29, 1.82) is 0 Å². The van der Waals surface area contributed by atoms with Gasteiger partial charge in [0.1, 0.15) is 6.10 Å². The highest BCUT2D eigenvalue weighted by molar-refractivity contribution is 5.65. The van der Waals surface area contributed by atoms with Crippen LogP contribution in [0.15, 0.2) is 12.2 Å². The predicted molar refractivity (Wildman–Crippen MR) is 37.4 cm³/mol. The molecule has 0 fully saturated rings. The third-order valence-electron chi connectivity index (χ3n) is 1.48. The number of hydrogen-bond donors (Lipinski definition) is 1. The van der Waals surface area contributed by atoms with Crippen LogP contribution in [0.3, 0.4) is 0 Å². The zero-order chi connectivity index (χ0) is 7.40. The highest BCUT2D eigenvalue weighted by Gasteiger charge is 2.10. The van der Waals surface area contributed by atoms with Gasteiger partial charge in [-0.05, 0) is 25.3 Å². The van der Waals surface area contributed by atoms with Gasteiger partial charge in [-0.25, -0.2) is 4.79 Å². The van der Waals surface area contributed by atoms with E-state index in [1.54, 1.807) is 0 Å². The number of allylic oxidation sites excluding steroid dienone is 1. The molecule has 0 heterocycles. The maximum atomic E-state index is 10.2. The first kappa shape index (κ1) is 7.12. The molecule has 0 aromatic rings. The van der Waals surface area contributed by atoms with Gasteiger partial charge in [0.05, 0.1) is 0 Å². The molecule has 1 rings (SSSR count). The molecule has 1 aliphatic rings. The molecule has 0 aliphatic heterocycles. The Kier molecular flexibility index (Phi) is 2.31. The minimum Gasteiger partial charge on any atom is -0.442 e. The Hall–Kier alpha value is -0.990. The largest absolute Gasteiger partial charge is 0.442 e. The number of hydrogen-bond acceptors (Lipinski definition) is 2. The van der Waals surface area contributed by atoms with Crippen molar-refractivity contribution in [1.82, 2.24) is 0 Å². The standard InChI is InChI=1S/C7H11NO2/c8-7(9)10-6-4-2-1-3-5-6/h2,4,6H,1,3,5H2,(H2,8,9). The Morgan fingerprint density at radius 2 is 2.50 bits per heavy atom. The molecule has 1 unspecified atom stereocenters. The van der Waals surface area contributed by atoms with Crippen LogP contribution in [0.5, 0.6) is 0 Å². The van der Waals surface area contributed by atoms with E-state index < -0.39 is 6.09 Å². The van der Waals surface area contributed by atoms with Crippen molar-refractivity contribution in [3.05, 3.63) is 12.2 Å². The smallest absolute Gasteiger partial charge is 0.405 e. The van der Waals surface area contributed by atoms with E-state index in [9.17, 15) is 4.79 Å². The molecule has 10 heavy (non-hydrogen) atoms. The molecule has 1 aliphatic carbocycles. The van der Waals surface area contributed by atoms with Gasteiger partial charge < -0.3 is 10.5 Å². The van der Waals surface area contributed by atoms with Crippen molar-refractivity contribution in [3.63, 3.8) is 0 Å². The van der Waals surface area contributed by atoms with Crippen molar-refractivity contribution >= 4 is 6.09 Å².